The van der Waals surface area contributed by atoms with Crippen molar-refractivity contribution in [2.24, 2.45) is 17.3 Å². The van der Waals surface area contributed by atoms with Crippen molar-refractivity contribution < 1.29 is 38.4 Å². The Morgan fingerprint density at radius 3 is 2.27 bits per heavy atom. The van der Waals surface area contributed by atoms with Crippen LogP contribution in [0, 0.1) is 17.3 Å². The minimum Gasteiger partial charge on any atom is -0.495 e. The van der Waals surface area contributed by atoms with E-state index in [2.05, 4.69) is 15.9 Å². The molecular weight excluding hydrogens is 791 g/mol. The average molecular weight is 841 g/mol. The quantitative estimate of drug-likeness (QED) is 0.0478. The van der Waals surface area contributed by atoms with Gasteiger partial charge in [-0.2, -0.15) is 0 Å². The number of carbonyl (C=O) groups excluding carboxylic acids is 4. The number of benzene rings is 2. The van der Waals surface area contributed by atoms with Crippen molar-refractivity contribution in [1.29, 1.82) is 0 Å². The highest BCUT2D eigenvalue weighted by Gasteiger charge is 2.50. The first-order valence-corrected chi connectivity index (χ1v) is 19.6. The average Bonchev–Trinajstić information content (AvgIpc) is 3.92. The van der Waals surface area contributed by atoms with Gasteiger partial charge in [0.1, 0.15) is 30.5 Å². The zero-order valence-electron chi connectivity index (χ0n) is 31.7. The van der Waals surface area contributed by atoms with Crippen LogP contribution in [0.2, 0.25) is 11.8 Å². The van der Waals surface area contributed by atoms with Gasteiger partial charge in [-0.15, -0.1) is 0 Å². The van der Waals surface area contributed by atoms with Crippen LogP contribution in [0.1, 0.15) is 57.6 Å². The number of halogens is 4. The molecule has 300 valence electrons. The van der Waals surface area contributed by atoms with Gasteiger partial charge in [-0.3, -0.25) is 9.59 Å². The SMILES string of the molecule is COc1ccc(C[C@@H](NC(=O)/C=C/C[C@H](OC(=O)[C@H](CC(C)C)NC(=O)C2(CNB(C)O)CC2)[C@H](C)/C=C/c2ccccc2)C(=O)OCC(Cl)(Cl)Cl)cc1Cl. The van der Waals surface area contributed by atoms with Crippen molar-refractivity contribution >= 4 is 83.3 Å². The Bertz CT molecular complexity index is 1650. The Kier molecular flexibility index (Phi) is 18.4. The van der Waals surface area contributed by atoms with E-state index in [1.165, 1.54) is 13.2 Å². The smallest absolute Gasteiger partial charge is 0.373 e. The van der Waals surface area contributed by atoms with Crippen LogP contribution in [0.15, 0.2) is 66.8 Å². The van der Waals surface area contributed by atoms with Crippen LogP contribution in [0.3, 0.4) is 0 Å². The van der Waals surface area contributed by atoms with Crippen molar-refractivity contribution in [1.82, 2.24) is 15.9 Å². The number of alkyl halides is 3. The number of amides is 2. The fourth-order valence-electron chi connectivity index (χ4n) is 5.58. The molecule has 4 N–H and O–H groups in total. The molecule has 55 heavy (non-hydrogen) atoms. The van der Waals surface area contributed by atoms with Crippen molar-refractivity contribution in [3.05, 3.63) is 82.9 Å². The fraction of sp³-hybridized carbons (Fsp3) is 0.487. The summed E-state index contributed by atoms with van der Waals surface area (Å²) in [6.07, 6.45) is 7.63. The number of nitrogens with one attached hydrogen (secondary N) is 3. The molecule has 0 spiro atoms. The van der Waals surface area contributed by atoms with Crippen LogP contribution < -0.4 is 20.6 Å². The molecule has 11 nitrogen and oxygen atoms in total. The molecule has 3 rings (SSSR count). The lowest BCUT2D eigenvalue weighted by atomic mass is 9.87. The molecule has 2 aromatic carbocycles. The van der Waals surface area contributed by atoms with Gasteiger partial charge in [0.05, 0.1) is 17.5 Å². The predicted molar refractivity (Wildman–Crippen MR) is 218 cm³/mol. The summed E-state index contributed by atoms with van der Waals surface area (Å²) < 4.78 is 14.6. The van der Waals surface area contributed by atoms with Crippen molar-refractivity contribution in [2.75, 3.05) is 20.3 Å². The zero-order valence-corrected chi connectivity index (χ0v) is 34.7. The van der Waals surface area contributed by atoms with Gasteiger partial charge in [-0.05, 0) is 61.3 Å². The number of carbonyl (C=O) groups is 4. The molecule has 0 unspecified atom stereocenters. The summed E-state index contributed by atoms with van der Waals surface area (Å²) in [6, 6.07) is 12.5. The Labute approximate surface area is 343 Å². The highest BCUT2D eigenvalue weighted by molar-refractivity contribution is 6.67. The molecule has 0 saturated heterocycles. The number of ether oxygens (including phenoxy) is 3. The first kappa shape index (κ1) is 46.1. The summed E-state index contributed by atoms with van der Waals surface area (Å²) in [5.74, 6) is -2.15. The van der Waals surface area contributed by atoms with Crippen LogP contribution in [0.5, 0.6) is 5.75 Å². The lowest BCUT2D eigenvalue weighted by Gasteiger charge is -2.27. The molecule has 2 aromatic rings. The summed E-state index contributed by atoms with van der Waals surface area (Å²) in [4.78, 5) is 53.5. The number of rotatable bonds is 21. The molecule has 0 heterocycles. The first-order chi connectivity index (χ1) is 25.9. The summed E-state index contributed by atoms with van der Waals surface area (Å²) in [6.45, 7) is 7.11. The van der Waals surface area contributed by atoms with E-state index in [4.69, 9.17) is 60.6 Å². The topological polar surface area (TPSA) is 152 Å². The van der Waals surface area contributed by atoms with Crippen molar-refractivity contribution in [3.8, 4) is 5.75 Å². The first-order valence-electron chi connectivity index (χ1n) is 18.1. The van der Waals surface area contributed by atoms with Gasteiger partial charge in [0, 0.05) is 25.3 Å². The molecule has 2 amide bonds. The minimum atomic E-state index is -1.86. The maximum absolute atomic E-state index is 13.8. The van der Waals surface area contributed by atoms with E-state index in [1.54, 1.807) is 31.1 Å². The van der Waals surface area contributed by atoms with Gasteiger partial charge < -0.3 is 35.1 Å². The van der Waals surface area contributed by atoms with Crippen molar-refractivity contribution in [3.63, 3.8) is 0 Å². The van der Waals surface area contributed by atoms with Gasteiger partial charge in [0.2, 0.25) is 15.6 Å². The molecule has 1 saturated carbocycles. The van der Waals surface area contributed by atoms with E-state index in [9.17, 15) is 24.2 Å². The molecule has 1 fully saturated rings. The third-order valence-electron chi connectivity index (χ3n) is 8.89. The number of esters is 2. The predicted octanol–water partition coefficient (Wildman–Crippen LogP) is 6.51. The number of hydrogen-bond donors (Lipinski definition) is 4. The van der Waals surface area contributed by atoms with E-state index in [0.717, 1.165) is 5.56 Å². The Morgan fingerprint density at radius 2 is 1.69 bits per heavy atom. The van der Waals surface area contributed by atoms with Crippen LogP contribution >= 0.6 is 46.4 Å². The molecule has 0 bridgehead atoms. The Morgan fingerprint density at radius 1 is 1.00 bits per heavy atom. The minimum absolute atomic E-state index is 0.00285. The summed E-state index contributed by atoms with van der Waals surface area (Å²) in [5, 5.41) is 18.5. The fourth-order valence-corrected chi connectivity index (χ4v) is 6.02. The van der Waals surface area contributed by atoms with Gasteiger partial charge >= 0.3 is 19.0 Å². The third kappa shape index (κ3) is 16.4. The van der Waals surface area contributed by atoms with Crippen molar-refractivity contribution in [2.45, 2.75) is 81.7 Å². The van der Waals surface area contributed by atoms with Crippen LogP contribution in [0.4, 0.5) is 0 Å². The Hall–Kier alpha value is -3.26. The maximum atomic E-state index is 13.8. The number of hydrogen-bond acceptors (Lipinski definition) is 9. The summed E-state index contributed by atoms with van der Waals surface area (Å²) in [5.41, 5.74) is 0.857. The van der Waals surface area contributed by atoms with E-state index in [1.807, 2.05) is 63.3 Å². The lowest BCUT2D eigenvalue weighted by molar-refractivity contribution is -0.155. The lowest BCUT2D eigenvalue weighted by Crippen LogP contribution is -2.49. The molecule has 16 heteroatoms. The molecule has 1 aliphatic rings. The van der Waals surface area contributed by atoms with E-state index in [-0.39, 0.29) is 37.1 Å². The molecule has 0 radical (unpaired) electrons. The Balaban J connectivity index is 1.79. The second-order valence-corrected chi connectivity index (χ2v) is 17.1. The molecule has 0 aromatic heterocycles. The van der Waals surface area contributed by atoms with Crippen LogP contribution in [-0.4, -0.2) is 78.1 Å². The second kappa shape index (κ2) is 21.9. The third-order valence-corrected chi connectivity index (χ3v) is 9.51. The zero-order chi connectivity index (χ0) is 40.8. The van der Waals surface area contributed by atoms with Gasteiger partial charge in [0.15, 0.2) is 0 Å². The molecule has 1 aliphatic carbocycles. The number of methoxy groups -OCH3 is 1. The van der Waals surface area contributed by atoms with Gasteiger partial charge in [-0.1, -0.05) is 122 Å². The summed E-state index contributed by atoms with van der Waals surface area (Å²) >= 11 is 23.6. The normalized spacial score (nSPS) is 15.9. The second-order valence-electron chi connectivity index (χ2n) is 14.2. The van der Waals surface area contributed by atoms with Crippen LogP contribution in [0.25, 0.3) is 6.08 Å². The molecule has 4 atom stereocenters. The summed E-state index contributed by atoms with van der Waals surface area (Å²) in [7, 11) is 0.699. The molecule has 0 aliphatic heterocycles. The van der Waals surface area contributed by atoms with E-state index < -0.39 is 58.9 Å². The molecular formula is C39H50BCl4N3O8. The standard InChI is InChI=1S/C39H50BCl4N3O8/c1-25(2)20-30(47-37(51)38(18-19-38)23-45-40(4)52)36(50)55-32(26(3)14-15-27-10-7-6-8-11-27)12-9-13-34(48)46-31(35(49)54-24-39(42,43)44)22-28-16-17-33(53-5)29(41)21-28/h6-11,13-17,21,25-26,30-32,45,52H,12,18-20,22-24H2,1-5H3,(H,46,48)(H,47,51)/b13-9+,15-14+/t26-,30+,31-,32+/m1/s1. The van der Waals surface area contributed by atoms with Gasteiger partial charge in [-0.25, -0.2) is 9.59 Å². The van der Waals surface area contributed by atoms with Gasteiger partial charge in [0.25, 0.3) is 0 Å². The van der Waals surface area contributed by atoms with Crippen LogP contribution in [-0.2, 0) is 35.1 Å². The maximum Gasteiger partial charge on any atom is 0.373 e. The highest BCUT2D eigenvalue weighted by Crippen LogP contribution is 2.45. The highest BCUT2D eigenvalue weighted by atomic mass is 35.6. The largest absolute Gasteiger partial charge is 0.495 e. The van der Waals surface area contributed by atoms with E-state index in [0.29, 0.717) is 35.6 Å². The van der Waals surface area contributed by atoms with E-state index >= 15 is 0 Å². The monoisotopic (exact) mass is 839 g/mol.